The summed E-state index contributed by atoms with van der Waals surface area (Å²) >= 11 is 3.44. The van der Waals surface area contributed by atoms with Crippen molar-refractivity contribution in [1.82, 2.24) is 0 Å². The summed E-state index contributed by atoms with van der Waals surface area (Å²) in [5.74, 6) is -0.431. The summed E-state index contributed by atoms with van der Waals surface area (Å²) in [4.78, 5) is 10.8. The number of halogens is 1. The molecule has 0 saturated carbocycles. The third kappa shape index (κ3) is 3.70. The molecule has 86 valence electrons. The van der Waals surface area contributed by atoms with Crippen molar-refractivity contribution in [2.45, 2.75) is 13.0 Å². The van der Waals surface area contributed by atoms with E-state index in [1.54, 1.807) is 0 Å². The average Bonchev–Trinajstić information content (AvgIpc) is 2.29. The van der Waals surface area contributed by atoms with Gasteiger partial charge in [-0.1, -0.05) is 34.1 Å². The maximum Gasteiger partial charge on any atom is 0.333 e. The topological polar surface area (TPSA) is 35.5 Å². The Hall–Kier alpha value is -1.29. The molecular weight excluding hydrogens is 272 g/mol. The Kier molecular flexibility index (Phi) is 5.05. The van der Waals surface area contributed by atoms with Crippen molar-refractivity contribution < 1.29 is 14.3 Å². The van der Waals surface area contributed by atoms with E-state index >= 15 is 0 Å². The van der Waals surface area contributed by atoms with E-state index in [9.17, 15) is 4.79 Å². The molecule has 1 aromatic carbocycles. The lowest BCUT2D eigenvalue weighted by Gasteiger charge is -2.12. The number of methoxy groups -OCH3 is 1. The highest BCUT2D eigenvalue weighted by atomic mass is 79.9. The summed E-state index contributed by atoms with van der Waals surface area (Å²) in [5.41, 5.74) is 1.03. The zero-order chi connectivity index (χ0) is 12.0. The summed E-state index contributed by atoms with van der Waals surface area (Å²) in [5, 5.41) is 0. The molecule has 0 fully saturated rings. The molecule has 16 heavy (non-hydrogen) atoms. The molecule has 0 N–H and O–H groups in total. The van der Waals surface area contributed by atoms with Crippen molar-refractivity contribution in [2.75, 3.05) is 7.11 Å². The predicted octanol–water partition coefficient (Wildman–Crippen LogP) is 3.21. The number of hydrogen-bond donors (Lipinski definition) is 0. The SMILES string of the molecule is COC(=O)/C=C/OC(C)c1ccccc1Br. The predicted molar refractivity (Wildman–Crippen MR) is 64.8 cm³/mol. The van der Waals surface area contributed by atoms with Crippen LogP contribution in [0, 0.1) is 0 Å². The number of hydrogen-bond acceptors (Lipinski definition) is 3. The molecule has 1 rings (SSSR count). The molecule has 0 spiro atoms. The van der Waals surface area contributed by atoms with E-state index in [-0.39, 0.29) is 6.10 Å². The fourth-order valence-corrected chi connectivity index (χ4v) is 1.77. The molecule has 0 radical (unpaired) electrons. The first-order valence-electron chi connectivity index (χ1n) is 4.79. The molecule has 0 aliphatic heterocycles. The van der Waals surface area contributed by atoms with Crippen LogP contribution in [0.4, 0.5) is 0 Å². The minimum atomic E-state index is -0.431. The maximum absolute atomic E-state index is 10.8. The summed E-state index contributed by atoms with van der Waals surface area (Å²) in [7, 11) is 1.32. The van der Waals surface area contributed by atoms with Gasteiger partial charge in [0, 0.05) is 10.0 Å². The molecule has 0 aliphatic carbocycles. The number of carbonyl (C=O) groups is 1. The van der Waals surface area contributed by atoms with Crippen molar-refractivity contribution in [1.29, 1.82) is 0 Å². The van der Waals surface area contributed by atoms with Gasteiger partial charge in [-0.2, -0.15) is 0 Å². The van der Waals surface area contributed by atoms with Gasteiger partial charge in [-0.15, -0.1) is 0 Å². The Labute approximate surface area is 103 Å². The quantitative estimate of drug-likeness (QED) is 0.484. The molecule has 3 nitrogen and oxygen atoms in total. The summed E-state index contributed by atoms with van der Waals surface area (Å²) in [6, 6.07) is 7.77. The molecule has 0 amide bonds. The smallest absolute Gasteiger partial charge is 0.333 e. The van der Waals surface area contributed by atoms with Crippen LogP contribution in [0.1, 0.15) is 18.6 Å². The van der Waals surface area contributed by atoms with Crippen LogP contribution in [-0.4, -0.2) is 13.1 Å². The highest BCUT2D eigenvalue weighted by Gasteiger charge is 2.07. The van der Waals surface area contributed by atoms with E-state index in [4.69, 9.17) is 4.74 Å². The minimum Gasteiger partial charge on any atom is -0.493 e. The highest BCUT2D eigenvalue weighted by molar-refractivity contribution is 9.10. The largest absolute Gasteiger partial charge is 0.493 e. The molecule has 4 heteroatoms. The van der Waals surface area contributed by atoms with Crippen molar-refractivity contribution in [2.24, 2.45) is 0 Å². The molecular formula is C12H13BrO3. The van der Waals surface area contributed by atoms with Gasteiger partial charge in [-0.25, -0.2) is 4.79 Å². The highest BCUT2D eigenvalue weighted by Crippen LogP contribution is 2.25. The monoisotopic (exact) mass is 284 g/mol. The average molecular weight is 285 g/mol. The number of benzene rings is 1. The summed E-state index contributed by atoms with van der Waals surface area (Å²) < 4.78 is 10.8. The number of esters is 1. The van der Waals surface area contributed by atoms with Gasteiger partial charge in [0.2, 0.25) is 0 Å². The van der Waals surface area contributed by atoms with Crippen LogP contribution in [0.25, 0.3) is 0 Å². The number of carbonyl (C=O) groups excluding carboxylic acids is 1. The molecule has 1 atom stereocenters. The standard InChI is InChI=1S/C12H13BrO3/c1-9(16-8-7-12(14)15-2)10-5-3-4-6-11(10)13/h3-9H,1-2H3/b8-7+. The third-order valence-electron chi connectivity index (χ3n) is 2.03. The van der Waals surface area contributed by atoms with Crippen LogP contribution in [-0.2, 0) is 14.3 Å². The van der Waals surface area contributed by atoms with Crippen molar-refractivity contribution in [3.05, 3.63) is 46.6 Å². The molecule has 0 aromatic heterocycles. The van der Waals surface area contributed by atoms with Crippen LogP contribution < -0.4 is 0 Å². The first-order chi connectivity index (χ1) is 7.65. The zero-order valence-corrected chi connectivity index (χ0v) is 10.7. The van der Waals surface area contributed by atoms with Crippen molar-refractivity contribution in [3.63, 3.8) is 0 Å². The Morgan fingerprint density at radius 3 is 2.75 bits per heavy atom. The van der Waals surface area contributed by atoms with E-state index in [0.717, 1.165) is 10.0 Å². The lowest BCUT2D eigenvalue weighted by Crippen LogP contribution is -1.98. The summed E-state index contributed by atoms with van der Waals surface area (Å²) in [6.45, 7) is 1.90. The molecule has 0 heterocycles. The normalized spacial score (nSPS) is 12.4. The number of ether oxygens (including phenoxy) is 2. The second kappa shape index (κ2) is 6.33. The van der Waals surface area contributed by atoms with Gasteiger partial charge >= 0.3 is 5.97 Å². The van der Waals surface area contributed by atoms with E-state index in [2.05, 4.69) is 20.7 Å². The first-order valence-corrected chi connectivity index (χ1v) is 5.59. The van der Waals surface area contributed by atoms with Crippen LogP contribution >= 0.6 is 15.9 Å². The lowest BCUT2D eigenvalue weighted by atomic mass is 10.1. The Morgan fingerprint density at radius 2 is 2.12 bits per heavy atom. The van der Waals surface area contributed by atoms with Gasteiger partial charge < -0.3 is 9.47 Å². The second-order valence-electron chi connectivity index (χ2n) is 3.13. The zero-order valence-electron chi connectivity index (χ0n) is 9.14. The van der Waals surface area contributed by atoms with E-state index < -0.39 is 5.97 Å². The molecule has 1 aromatic rings. The molecule has 1 unspecified atom stereocenters. The van der Waals surface area contributed by atoms with E-state index in [0.29, 0.717) is 0 Å². The molecule has 0 bridgehead atoms. The van der Waals surface area contributed by atoms with Gasteiger partial charge in [0.15, 0.2) is 0 Å². The van der Waals surface area contributed by atoms with E-state index in [1.807, 2.05) is 31.2 Å². The Morgan fingerprint density at radius 1 is 1.44 bits per heavy atom. The van der Waals surface area contributed by atoms with Gasteiger partial charge in [0.05, 0.1) is 19.4 Å². The van der Waals surface area contributed by atoms with Crippen LogP contribution in [0.15, 0.2) is 41.1 Å². The minimum absolute atomic E-state index is 0.128. The van der Waals surface area contributed by atoms with E-state index in [1.165, 1.54) is 19.4 Å². The van der Waals surface area contributed by atoms with Gasteiger partial charge in [-0.05, 0) is 13.0 Å². The second-order valence-corrected chi connectivity index (χ2v) is 3.98. The van der Waals surface area contributed by atoms with Crippen LogP contribution in [0.3, 0.4) is 0 Å². The lowest BCUT2D eigenvalue weighted by molar-refractivity contribution is -0.135. The van der Waals surface area contributed by atoms with Crippen molar-refractivity contribution in [3.8, 4) is 0 Å². The first kappa shape index (κ1) is 12.8. The third-order valence-corrected chi connectivity index (χ3v) is 2.75. The molecule has 0 saturated heterocycles. The fraction of sp³-hybridized carbons (Fsp3) is 0.250. The fourth-order valence-electron chi connectivity index (χ4n) is 1.16. The summed E-state index contributed by atoms with van der Waals surface area (Å²) in [6.07, 6.45) is 2.46. The van der Waals surface area contributed by atoms with Crippen molar-refractivity contribution >= 4 is 21.9 Å². The molecule has 0 aliphatic rings. The van der Waals surface area contributed by atoms with Gasteiger partial charge in [-0.3, -0.25) is 0 Å². The Balaban J connectivity index is 2.60. The Bertz CT molecular complexity index is 388. The van der Waals surface area contributed by atoms with Gasteiger partial charge in [0.1, 0.15) is 6.10 Å². The number of rotatable bonds is 4. The maximum atomic E-state index is 10.8. The van der Waals surface area contributed by atoms with Gasteiger partial charge in [0.25, 0.3) is 0 Å². The van der Waals surface area contributed by atoms with Crippen LogP contribution in [0.2, 0.25) is 0 Å². The van der Waals surface area contributed by atoms with Crippen LogP contribution in [0.5, 0.6) is 0 Å².